The Balaban J connectivity index is 1.61. The van der Waals surface area contributed by atoms with Crippen molar-refractivity contribution < 1.29 is 4.79 Å². The molecular formula is C20H22N4OS. The summed E-state index contributed by atoms with van der Waals surface area (Å²) in [4.78, 5) is 12.4. The smallest absolute Gasteiger partial charge is 0.233 e. The summed E-state index contributed by atoms with van der Waals surface area (Å²) in [6.07, 6.45) is 0. The van der Waals surface area contributed by atoms with Crippen molar-refractivity contribution in [3.05, 3.63) is 65.7 Å². The lowest BCUT2D eigenvalue weighted by Gasteiger charge is -2.12. The average Bonchev–Trinajstić information content (AvgIpc) is 3.02. The molecular weight excluding hydrogens is 344 g/mol. The number of amides is 1. The first kappa shape index (κ1) is 18.2. The fourth-order valence-corrected chi connectivity index (χ4v) is 3.35. The summed E-state index contributed by atoms with van der Waals surface area (Å²) in [5.41, 5.74) is 3.30. The summed E-state index contributed by atoms with van der Waals surface area (Å²) < 4.78 is 1.92. The molecule has 0 aliphatic carbocycles. The first-order valence-corrected chi connectivity index (χ1v) is 9.37. The standard InChI is InChI=1S/C20H22N4OS/c1-14-9-11-16(12-10-14)13-21-19(25)15(2)26-20-23-22-18(24(20)3)17-7-5-4-6-8-17/h4-12,15H,13H2,1-3H3,(H,21,25)/t15-/m1/s1. The number of aryl methyl sites for hydroxylation is 1. The van der Waals surface area contributed by atoms with Gasteiger partial charge in [-0.25, -0.2) is 0 Å². The highest BCUT2D eigenvalue weighted by Crippen LogP contribution is 2.25. The van der Waals surface area contributed by atoms with Crippen LogP contribution < -0.4 is 5.32 Å². The van der Waals surface area contributed by atoms with Gasteiger partial charge in [-0.3, -0.25) is 4.79 Å². The molecule has 0 saturated heterocycles. The fourth-order valence-electron chi connectivity index (χ4n) is 2.51. The van der Waals surface area contributed by atoms with Crippen molar-refractivity contribution in [2.24, 2.45) is 7.05 Å². The van der Waals surface area contributed by atoms with Gasteiger partial charge in [0.15, 0.2) is 11.0 Å². The predicted octanol–water partition coefficient (Wildman–Crippen LogP) is 3.59. The maximum absolute atomic E-state index is 12.4. The van der Waals surface area contributed by atoms with Gasteiger partial charge in [0, 0.05) is 19.2 Å². The molecule has 5 nitrogen and oxygen atoms in total. The number of rotatable bonds is 6. The normalized spacial score (nSPS) is 12.0. The van der Waals surface area contributed by atoms with Crippen molar-refractivity contribution in [3.8, 4) is 11.4 Å². The molecule has 0 radical (unpaired) electrons. The Labute approximate surface area is 157 Å². The summed E-state index contributed by atoms with van der Waals surface area (Å²) in [6.45, 7) is 4.45. The molecule has 0 aliphatic rings. The molecule has 0 fully saturated rings. The molecule has 0 saturated carbocycles. The Morgan fingerprint density at radius 3 is 2.50 bits per heavy atom. The zero-order valence-corrected chi connectivity index (χ0v) is 16.0. The van der Waals surface area contributed by atoms with Crippen LogP contribution >= 0.6 is 11.8 Å². The van der Waals surface area contributed by atoms with Gasteiger partial charge in [0.1, 0.15) is 0 Å². The van der Waals surface area contributed by atoms with Crippen LogP contribution in [-0.4, -0.2) is 25.9 Å². The molecule has 26 heavy (non-hydrogen) atoms. The largest absolute Gasteiger partial charge is 0.351 e. The molecule has 6 heteroatoms. The molecule has 1 aromatic heterocycles. The molecule has 3 aromatic rings. The zero-order chi connectivity index (χ0) is 18.5. The highest BCUT2D eigenvalue weighted by Gasteiger charge is 2.19. The van der Waals surface area contributed by atoms with Gasteiger partial charge < -0.3 is 9.88 Å². The third-order valence-corrected chi connectivity index (χ3v) is 5.24. The number of nitrogens with zero attached hydrogens (tertiary/aromatic N) is 3. The van der Waals surface area contributed by atoms with Crippen LogP contribution in [0.15, 0.2) is 59.8 Å². The molecule has 3 rings (SSSR count). The summed E-state index contributed by atoms with van der Waals surface area (Å²) in [5, 5.41) is 11.9. The summed E-state index contributed by atoms with van der Waals surface area (Å²) in [7, 11) is 1.92. The second kappa shape index (κ2) is 8.19. The molecule has 1 amide bonds. The van der Waals surface area contributed by atoms with E-state index in [1.54, 1.807) is 0 Å². The number of hydrogen-bond donors (Lipinski definition) is 1. The first-order valence-electron chi connectivity index (χ1n) is 8.49. The van der Waals surface area contributed by atoms with E-state index in [-0.39, 0.29) is 11.2 Å². The van der Waals surface area contributed by atoms with Crippen molar-refractivity contribution in [2.75, 3.05) is 0 Å². The van der Waals surface area contributed by atoms with Crippen LogP contribution in [0.25, 0.3) is 11.4 Å². The predicted molar refractivity (Wildman–Crippen MR) is 105 cm³/mol. The molecule has 0 aliphatic heterocycles. The monoisotopic (exact) mass is 366 g/mol. The number of carbonyl (C=O) groups is 1. The Morgan fingerprint density at radius 1 is 1.12 bits per heavy atom. The minimum absolute atomic E-state index is 0.0140. The van der Waals surface area contributed by atoms with Gasteiger partial charge in [-0.1, -0.05) is 71.9 Å². The van der Waals surface area contributed by atoms with E-state index in [2.05, 4.69) is 15.5 Å². The molecule has 0 unspecified atom stereocenters. The number of thioether (sulfide) groups is 1. The van der Waals surface area contributed by atoms with Gasteiger partial charge in [0.25, 0.3) is 0 Å². The lowest BCUT2D eigenvalue weighted by atomic mass is 10.1. The zero-order valence-electron chi connectivity index (χ0n) is 15.1. The van der Waals surface area contributed by atoms with Crippen LogP contribution in [0.5, 0.6) is 0 Å². The van der Waals surface area contributed by atoms with E-state index in [1.165, 1.54) is 17.3 Å². The van der Waals surface area contributed by atoms with E-state index in [0.29, 0.717) is 6.54 Å². The number of nitrogens with one attached hydrogen (secondary N) is 1. The van der Waals surface area contributed by atoms with Gasteiger partial charge in [0.2, 0.25) is 5.91 Å². The van der Waals surface area contributed by atoms with Gasteiger partial charge in [-0.15, -0.1) is 10.2 Å². The van der Waals surface area contributed by atoms with Crippen LogP contribution in [0.2, 0.25) is 0 Å². The van der Waals surface area contributed by atoms with Gasteiger partial charge in [-0.2, -0.15) is 0 Å². The van der Waals surface area contributed by atoms with Crippen molar-refractivity contribution in [3.63, 3.8) is 0 Å². The minimum Gasteiger partial charge on any atom is -0.351 e. The molecule has 1 N–H and O–H groups in total. The highest BCUT2D eigenvalue weighted by molar-refractivity contribution is 8.00. The van der Waals surface area contributed by atoms with E-state index in [4.69, 9.17) is 0 Å². The van der Waals surface area contributed by atoms with E-state index in [9.17, 15) is 4.79 Å². The Kier molecular flexibility index (Phi) is 5.73. The number of aromatic nitrogens is 3. The molecule has 1 heterocycles. The fraction of sp³-hybridized carbons (Fsp3) is 0.250. The molecule has 0 bridgehead atoms. The van der Waals surface area contributed by atoms with E-state index in [1.807, 2.05) is 80.1 Å². The third-order valence-electron chi connectivity index (χ3n) is 4.11. The van der Waals surface area contributed by atoms with E-state index in [0.717, 1.165) is 22.1 Å². The number of benzene rings is 2. The van der Waals surface area contributed by atoms with Gasteiger partial charge in [0.05, 0.1) is 5.25 Å². The van der Waals surface area contributed by atoms with Crippen molar-refractivity contribution in [2.45, 2.75) is 30.8 Å². The average molecular weight is 366 g/mol. The minimum atomic E-state index is -0.257. The molecule has 0 spiro atoms. The lowest BCUT2D eigenvalue weighted by Crippen LogP contribution is -2.30. The summed E-state index contributed by atoms with van der Waals surface area (Å²) >= 11 is 1.41. The van der Waals surface area contributed by atoms with Crippen LogP contribution in [0.3, 0.4) is 0 Å². The Bertz CT molecular complexity index is 875. The molecule has 2 aromatic carbocycles. The molecule has 1 atom stereocenters. The Morgan fingerprint density at radius 2 is 1.81 bits per heavy atom. The van der Waals surface area contributed by atoms with Crippen LogP contribution in [-0.2, 0) is 18.4 Å². The van der Waals surface area contributed by atoms with E-state index < -0.39 is 0 Å². The first-order chi connectivity index (χ1) is 12.5. The van der Waals surface area contributed by atoms with Crippen molar-refractivity contribution >= 4 is 17.7 Å². The van der Waals surface area contributed by atoms with Crippen molar-refractivity contribution in [1.82, 2.24) is 20.1 Å². The topological polar surface area (TPSA) is 59.8 Å². The van der Waals surface area contributed by atoms with Gasteiger partial charge >= 0.3 is 0 Å². The lowest BCUT2D eigenvalue weighted by molar-refractivity contribution is -0.120. The van der Waals surface area contributed by atoms with E-state index >= 15 is 0 Å². The van der Waals surface area contributed by atoms with Crippen LogP contribution in [0, 0.1) is 6.92 Å². The van der Waals surface area contributed by atoms with Crippen molar-refractivity contribution in [1.29, 1.82) is 0 Å². The second-order valence-electron chi connectivity index (χ2n) is 6.19. The summed E-state index contributed by atoms with van der Waals surface area (Å²) in [6, 6.07) is 18.1. The summed E-state index contributed by atoms with van der Waals surface area (Å²) in [5.74, 6) is 0.778. The quantitative estimate of drug-likeness (QED) is 0.677. The maximum atomic E-state index is 12.4. The molecule has 134 valence electrons. The third kappa shape index (κ3) is 4.32. The Hall–Kier alpha value is -2.60. The van der Waals surface area contributed by atoms with Crippen LogP contribution in [0.1, 0.15) is 18.1 Å². The second-order valence-corrected chi connectivity index (χ2v) is 7.50. The van der Waals surface area contributed by atoms with Crippen LogP contribution in [0.4, 0.5) is 0 Å². The highest BCUT2D eigenvalue weighted by atomic mass is 32.2. The number of carbonyl (C=O) groups excluding carboxylic acids is 1. The SMILES string of the molecule is Cc1ccc(CNC(=O)[C@@H](C)Sc2nnc(-c3ccccc3)n2C)cc1. The van der Waals surface area contributed by atoms with Gasteiger partial charge in [-0.05, 0) is 19.4 Å². The maximum Gasteiger partial charge on any atom is 0.233 e. The number of hydrogen-bond acceptors (Lipinski definition) is 4.